The van der Waals surface area contributed by atoms with Gasteiger partial charge in [0.1, 0.15) is 12.5 Å². The molecule has 0 atom stereocenters. The lowest BCUT2D eigenvalue weighted by atomic mass is 9.88. The highest BCUT2D eigenvalue weighted by atomic mass is 28.3. The van der Waals surface area contributed by atoms with Gasteiger partial charge in [-0.25, -0.2) is 0 Å². The maximum atomic E-state index is 9.69. The molecule has 1 N–H and O–H groups in total. The second-order valence-electron chi connectivity index (χ2n) is 11.4. The average Bonchev–Trinajstić information content (AvgIpc) is 2.63. The maximum absolute atomic E-state index is 9.69. The smallest absolute Gasteiger partial charge is 0.189 e. The molecule has 0 amide bonds. The SMILES string of the molecule is CC(C)(CO)Cc1nc(COCOCC[Si](C)(C)C)ccc1OCOCC[Si](C)(C)C. The first-order valence-electron chi connectivity index (χ1n) is 11.3. The van der Waals surface area contributed by atoms with Gasteiger partial charge in [-0.3, -0.25) is 4.98 Å². The van der Waals surface area contributed by atoms with Gasteiger partial charge in [-0.05, 0) is 29.6 Å². The minimum atomic E-state index is -1.12. The molecule has 1 rings (SSSR count). The number of aliphatic hydroxyl groups excluding tert-OH is 1. The number of hydrogen-bond donors (Lipinski definition) is 1. The highest BCUT2D eigenvalue weighted by Crippen LogP contribution is 2.27. The van der Waals surface area contributed by atoms with Crippen LogP contribution in [0.15, 0.2) is 12.1 Å². The Morgan fingerprint density at radius 3 is 2.00 bits per heavy atom. The molecule has 0 saturated carbocycles. The van der Waals surface area contributed by atoms with E-state index in [-0.39, 0.29) is 25.6 Å². The summed E-state index contributed by atoms with van der Waals surface area (Å²) in [5, 5.41) is 9.69. The summed E-state index contributed by atoms with van der Waals surface area (Å²) >= 11 is 0. The highest BCUT2D eigenvalue weighted by molar-refractivity contribution is 6.76. The van der Waals surface area contributed by atoms with Crippen molar-refractivity contribution in [3.63, 3.8) is 0 Å². The third-order valence-corrected chi connectivity index (χ3v) is 8.18. The van der Waals surface area contributed by atoms with Gasteiger partial charge >= 0.3 is 0 Å². The largest absolute Gasteiger partial charge is 0.466 e. The third kappa shape index (κ3) is 14.1. The molecule has 6 nitrogen and oxygen atoms in total. The third-order valence-electron chi connectivity index (χ3n) is 4.77. The summed E-state index contributed by atoms with van der Waals surface area (Å²) in [6.07, 6.45) is 0.605. The highest BCUT2D eigenvalue weighted by Gasteiger charge is 2.21. The van der Waals surface area contributed by atoms with Crippen LogP contribution in [0.3, 0.4) is 0 Å². The molecule has 0 fully saturated rings. The summed E-state index contributed by atoms with van der Waals surface area (Å²) in [5.41, 5.74) is 1.35. The summed E-state index contributed by atoms with van der Waals surface area (Å²) in [4.78, 5) is 4.74. The lowest BCUT2D eigenvalue weighted by Crippen LogP contribution is -2.23. The van der Waals surface area contributed by atoms with E-state index in [1.165, 1.54) is 0 Å². The number of nitrogens with zero attached hydrogens (tertiary/aromatic N) is 1. The Morgan fingerprint density at radius 2 is 1.45 bits per heavy atom. The van der Waals surface area contributed by atoms with E-state index in [4.69, 9.17) is 23.9 Å². The molecule has 0 aliphatic rings. The first-order chi connectivity index (χ1) is 14.3. The van der Waals surface area contributed by atoms with Gasteiger partial charge in [0.05, 0.1) is 18.0 Å². The normalized spacial score (nSPS) is 12.9. The van der Waals surface area contributed by atoms with Crippen molar-refractivity contribution in [1.82, 2.24) is 4.98 Å². The van der Waals surface area contributed by atoms with Crippen molar-refractivity contribution in [2.75, 3.05) is 33.4 Å². The fraction of sp³-hybridized carbons (Fsp3) is 0.783. The second-order valence-corrected chi connectivity index (χ2v) is 22.7. The maximum Gasteiger partial charge on any atom is 0.189 e. The Bertz CT molecular complexity index is 642. The van der Waals surface area contributed by atoms with E-state index >= 15 is 0 Å². The number of aromatic nitrogens is 1. The van der Waals surface area contributed by atoms with Gasteiger partial charge < -0.3 is 24.1 Å². The van der Waals surface area contributed by atoms with Gasteiger partial charge in [0.15, 0.2) is 6.79 Å². The molecule has 1 aromatic rings. The zero-order valence-corrected chi connectivity index (χ0v) is 23.0. The number of pyridine rings is 1. The Labute approximate surface area is 191 Å². The molecule has 8 heteroatoms. The summed E-state index contributed by atoms with van der Waals surface area (Å²) < 4.78 is 22.8. The predicted octanol–water partition coefficient (Wildman–Crippen LogP) is 5.16. The van der Waals surface area contributed by atoms with Crippen LogP contribution in [0, 0.1) is 5.41 Å². The lowest BCUT2D eigenvalue weighted by molar-refractivity contribution is -0.0583. The minimum Gasteiger partial charge on any atom is -0.466 e. The van der Waals surface area contributed by atoms with E-state index in [0.29, 0.717) is 25.4 Å². The topological polar surface area (TPSA) is 70.0 Å². The second kappa shape index (κ2) is 13.1. The predicted molar refractivity (Wildman–Crippen MR) is 132 cm³/mol. The minimum absolute atomic E-state index is 0.0759. The van der Waals surface area contributed by atoms with Gasteiger partial charge in [0.25, 0.3) is 0 Å². The summed E-state index contributed by atoms with van der Waals surface area (Å²) in [5.74, 6) is 0.699. The monoisotopic (exact) mass is 471 g/mol. The zero-order valence-electron chi connectivity index (χ0n) is 21.0. The molecule has 180 valence electrons. The van der Waals surface area contributed by atoms with Gasteiger partial charge in [-0.1, -0.05) is 53.1 Å². The number of rotatable bonds is 16. The van der Waals surface area contributed by atoms with E-state index < -0.39 is 16.1 Å². The molecular weight excluding hydrogens is 426 g/mol. The van der Waals surface area contributed by atoms with Crippen molar-refractivity contribution < 1.29 is 24.1 Å². The van der Waals surface area contributed by atoms with Crippen LogP contribution in [0.1, 0.15) is 25.2 Å². The molecule has 1 heterocycles. The molecule has 31 heavy (non-hydrogen) atoms. The van der Waals surface area contributed by atoms with Crippen LogP contribution in [0.4, 0.5) is 0 Å². The van der Waals surface area contributed by atoms with E-state index in [1.54, 1.807) is 0 Å². The van der Waals surface area contributed by atoms with E-state index in [0.717, 1.165) is 30.1 Å². The summed E-state index contributed by atoms with van der Waals surface area (Å²) in [7, 11) is -2.20. The molecule has 0 bridgehead atoms. The Morgan fingerprint density at radius 1 is 0.871 bits per heavy atom. The molecule has 0 aliphatic carbocycles. The van der Waals surface area contributed by atoms with Gasteiger partial charge in [-0.15, -0.1) is 0 Å². The Hall–Kier alpha value is -0.776. The van der Waals surface area contributed by atoms with Gasteiger partial charge in [0.2, 0.25) is 0 Å². The van der Waals surface area contributed by atoms with Gasteiger partial charge in [0, 0.05) is 42.4 Å². The Balaban J connectivity index is 2.61. The van der Waals surface area contributed by atoms with Crippen molar-refractivity contribution in [2.24, 2.45) is 5.41 Å². The van der Waals surface area contributed by atoms with Crippen LogP contribution in [0.2, 0.25) is 51.4 Å². The number of aliphatic hydroxyl groups is 1. The van der Waals surface area contributed by atoms with E-state index in [2.05, 4.69) is 39.3 Å². The zero-order chi connectivity index (χ0) is 23.5. The lowest BCUT2D eigenvalue weighted by Gasteiger charge is -2.23. The van der Waals surface area contributed by atoms with Crippen LogP contribution in [-0.4, -0.2) is 59.6 Å². The van der Waals surface area contributed by atoms with Crippen LogP contribution in [0.25, 0.3) is 0 Å². The summed E-state index contributed by atoms with van der Waals surface area (Å²) in [6.45, 7) is 20.4. The van der Waals surface area contributed by atoms with Crippen molar-refractivity contribution in [3.8, 4) is 5.75 Å². The molecule has 0 aromatic carbocycles. The van der Waals surface area contributed by atoms with Gasteiger partial charge in [-0.2, -0.15) is 0 Å². The fourth-order valence-corrected chi connectivity index (χ4v) is 4.08. The molecule has 0 radical (unpaired) electrons. The molecule has 0 unspecified atom stereocenters. The molecular formula is C23H45NO5Si2. The number of hydrogen-bond acceptors (Lipinski definition) is 6. The average molecular weight is 472 g/mol. The van der Waals surface area contributed by atoms with Crippen LogP contribution < -0.4 is 4.74 Å². The molecule has 0 saturated heterocycles. The first kappa shape index (κ1) is 28.3. The Kier molecular flexibility index (Phi) is 11.9. The molecule has 0 aliphatic heterocycles. The van der Waals surface area contributed by atoms with Crippen molar-refractivity contribution >= 4 is 16.1 Å². The number of ether oxygens (including phenoxy) is 4. The van der Waals surface area contributed by atoms with E-state index in [9.17, 15) is 5.11 Å². The van der Waals surface area contributed by atoms with Crippen molar-refractivity contribution in [1.29, 1.82) is 0 Å². The summed E-state index contributed by atoms with van der Waals surface area (Å²) in [6, 6.07) is 6.06. The van der Waals surface area contributed by atoms with Crippen LogP contribution in [-0.2, 0) is 27.2 Å². The van der Waals surface area contributed by atoms with Crippen LogP contribution in [0.5, 0.6) is 5.75 Å². The van der Waals surface area contributed by atoms with Crippen molar-refractivity contribution in [3.05, 3.63) is 23.5 Å². The first-order valence-corrected chi connectivity index (χ1v) is 18.7. The standard InChI is InChI=1S/C23H45NO5Si2/c1-23(2,17-25)15-21-22(29-19-27-12-14-31(6,7)8)10-9-20(24-21)16-28-18-26-11-13-30(3,4)5/h9-10,25H,11-19H2,1-8H3. The van der Waals surface area contributed by atoms with Crippen molar-refractivity contribution in [2.45, 2.75) is 78.2 Å². The molecule has 1 aromatic heterocycles. The molecule has 0 spiro atoms. The van der Waals surface area contributed by atoms with Crippen LogP contribution >= 0.6 is 0 Å². The fourth-order valence-electron chi connectivity index (χ4n) is 2.57. The quantitative estimate of drug-likeness (QED) is 0.204. The van der Waals surface area contributed by atoms with E-state index in [1.807, 2.05) is 26.0 Å².